The van der Waals surface area contributed by atoms with E-state index in [1.165, 1.54) is 11.8 Å². The summed E-state index contributed by atoms with van der Waals surface area (Å²) in [5.41, 5.74) is 3.06. The number of carbonyl (C=O) groups is 2. The van der Waals surface area contributed by atoms with Crippen molar-refractivity contribution in [2.45, 2.75) is 31.4 Å². The summed E-state index contributed by atoms with van der Waals surface area (Å²) >= 11 is 8.23. The predicted octanol–water partition coefficient (Wildman–Crippen LogP) is 4.68. The summed E-state index contributed by atoms with van der Waals surface area (Å²) in [4.78, 5) is 30.4. The molecule has 10 heteroatoms. The molecule has 2 aromatic carbocycles. The van der Waals surface area contributed by atoms with Crippen molar-refractivity contribution in [2.75, 3.05) is 51.5 Å². The van der Waals surface area contributed by atoms with E-state index in [1.807, 2.05) is 67.5 Å². The van der Waals surface area contributed by atoms with Crippen LogP contribution in [0, 0.1) is 0 Å². The lowest BCUT2D eigenvalue weighted by Gasteiger charge is -2.25. The lowest BCUT2D eigenvalue weighted by molar-refractivity contribution is -0.122. The fourth-order valence-electron chi connectivity index (χ4n) is 4.53. The van der Waals surface area contributed by atoms with Crippen molar-refractivity contribution in [2.24, 2.45) is 0 Å². The van der Waals surface area contributed by atoms with Crippen LogP contribution in [0.5, 0.6) is 5.75 Å². The Labute approximate surface area is 239 Å². The predicted molar refractivity (Wildman–Crippen MR) is 158 cm³/mol. The van der Waals surface area contributed by atoms with Crippen LogP contribution in [0.1, 0.15) is 42.8 Å². The van der Waals surface area contributed by atoms with Crippen LogP contribution in [0.15, 0.2) is 48.5 Å². The number of carbonyl (C=O) groups excluding carboxylic acids is 2. The van der Waals surface area contributed by atoms with Gasteiger partial charge in [0.2, 0.25) is 11.8 Å². The normalized spacial score (nSPS) is 15.7. The minimum Gasteiger partial charge on any atom is -0.497 e. The van der Waals surface area contributed by atoms with Crippen molar-refractivity contribution < 1.29 is 14.3 Å². The number of hydrogen-bond donors (Lipinski definition) is 1. The molecule has 4 rings (SSSR count). The molecule has 2 amide bonds. The number of anilines is 1. The highest BCUT2D eigenvalue weighted by molar-refractivity contribution is 8.00. The first-order valence-corrected chi connectivity index (χ1v) is 14.3. The third kappa shape index (κ3) is 6.42. The van der Waals surface area contributed by atoms with Gasteiger partial charge in [0.1, 0.15) is 18.1 Å². The number of rotatable bonds is 8. The summed E-state index contributed by atoms with van der Waals surface area (Å²) < 4.78 is 7.15. The standard InChI is InChI=1S/C29H36ClN5O3S/c1-29(2,3)27-25-26(21-9-7-8-10-22(21)30)39-18-24(37)34(17-23(36)31-15-16-33(4)5)28(25)35(32-27)19-11-13-20(38-6)14-12-19/h7-14,26H,15-18H2,1-6H3,(H,31,36). The first-order chi connectivity index (χ1) is 18.5. The van der Waals surface area contributed by atoms with Gasteiger partial charge in [0.15, 0.2) is 0 Å². The number of nitrogens with zero attached hydrogens (tertiary/aromatic N) is 4. The van der Waals surface area contributed by atoms with E-state index in [0.717, 1.165) is 22.5 Å². The highest BCUT2D eigenvalue weighted by atomic mass is 35.5. The monoisotopic (exact) mass is 569 g/mol. The number of halogens is 1. The Balaban J connectivity index is 1.93. The Bertz CT molecular complexity index is 1330. The van der Waals surface area contributed by atoms with Gasteiger partial charge in [-0.2, -0.15) is 5.10 Å². The maximum atomic E-state index is 13.7. The molecule has 39 heavy (non-hydrogen) atoms. The summed E-state index contributed by atoms with van der Waals surface area (Å²) in [5, 5.41) is 8.42. The van der Waals surface area contributed by atoms with Crippen LogP contribution in [0.4, 0.5) is 5.82 Å². The number of ether oxygens (including phenoxy) is 1. The van der Waals surface area contributed by atoms with Gasteiger partial charge < -0.3 is 15.0 Å². The number of fused-ring (bicyclic) bond motifs is 1. The quantitative estimate of drug-likeness (QED) is 0.424. The molecule has 8 nitrogen and oxygen atoms in total. The van der Waals surface area contributed by atoms with E-state index in [2.05, 4.69) is 26.1 Å². The fourth-order valence-corrected chi connectivity index (χ4v) is 6.07. The average Bonchev–Trinajstić information content (AvgIpc) is 3.23. The van der Waals surface area contributed by atoms with Gasteiger partial charge in [0.25, 0.3) is 0 Å². The summed E-state index contributed by atoms with van der Waals surface area (Å²) in [5.74, 6) is 1.12. The summed E-state index contributed by atoms with van der Waals surface area (Å²) in [6.45, 7) is 7.39. The molecule has 1 unspecified atom stereocenters. The number of likely N-dealkylation sites (N-methyl/N-ethyl adjacent to an activating group) is 1. The smallest absolute Gasteiger partial charge is 0.240 e. The lowest BCUT2D eigenvalue weighted by Crippen LogP contribution is -2.43. The molecule has 0 fully saturated rings. The zero-order valence-electron chi connectivity index (χ0n) is 23.3. The molecule has 1 aliphatic heterocycles. The number of methoxy groups -OCH3 is 1. The average molecular weight is 570 g/mol. The molecule has 3 aromatic rings. The van der Waals surface area contributed by atoms with Gasteiger partial charge >= 0.3 is 0 Å². The Morgan fingerprint density at radius 1 is 1.18 bits per heavy atom. The third-order valence-electron chi connectivity index (χ3n) is 6.49. The number of benzene rings is 2. The highest BCUT2D eigenvalue weighted by Gasteiger charge is 2.40. The number of hydrogen-bond acceptors (Lipinski definition) is 6. The minimum absolute atomic E-state index is 0.111. The van der Waals surface area contributed by atoms with Crippen LogP contribution in [0.25, 0.3) is 5.69 Å². The molecule has 1 aromatic heterocycles. The van der Waals surface area contributed by atoms with Crippen molar-refractivity contribution in [3.63, 3.8) is 0 Å². The molecule has 0 saturated heterocycles. The van der Waals surface area contributed by atoms with Crippen LogP contribution in [-0.4, -0.2) is 73.1 Å². The van der Waals surface area contributed by atoms with Gasteiger partial charge in [-0.25, -0.2) is 4.68 Å². The Morgan fingerprint density at radius 3 is 2.49 bits per heavy atom. The maximum Gasteiger partial charge on any atom is 0.240 e. The highest BCUT2D eigenvalue weighted by Crippen LogP contribution is 2.49. The molecular weight excluding hydrogens is 534 g/mol. The first-order valence-electron chi connectivity index (χ1n) is 12.9. The van der Waals surface area contributed by atoms with Crippen LogP contribution >= 0.6 is 23.4 Å². The molecule has 0 aliphatic carbocycles. The van der Waals surface area contributed by atoms with E-state index in [9.17, 15) is 9.59 Å². The first kappa shape index (κ1) is 29.0. The number of thioether (sulfide) groups is 1. The lowest BCUT2D eigenvalue weighted by atomic mass is 9.87. The number of amides is 2. The minimum atomic E-state index is -0.352. The van der Waals surface area contributed by atoms with E-state index in [4.69, 9.17) is 21.4 Å². The molecule has 1 atom stereocenters. The molecular formula is C29H36ClN5O3S. The topological polar surface area (TPSA) is 79.7 Å². The second-order valence-corrected chi connectivity index (χ2v) is 12.3. The van der Waals surface area contributed by atoms with Gasteiger partial charge in [-0.15, -0.1) is 11.8 Å². The van der Waals surface area contributed by atoms with E-state index in [0.29, 0.717) is 29.7 Å². The molecule has 0 bridgehead atoms. The van der Waals surface area contributed by atoms with E-state index in [-0.39, 0.29) is 34.8 Å². The van der Waals surface area contributed by atoms with Gasteiger partial charge in [0, 0.05) is 29.1 Å². The molecule has 1 aliphatic rings. The maximum absolute atomic E-state index is 13.7. The zero-order valence-corrected chi connectivity index (χ0v) is 24.9. The van der Waals surface area contributed by atoms with Gasteiger partial charge in [-0.1, -0.05) is 50.6 Å². The van der Waals surface area contributed by atoms with Crippen molar-refractivity contribution >= 4 is 41.0 Å². The molecule has 1 N–H and O–H groups in total. The van der Waals surface area contributed by atoms with E-state index >= 15 is 0 Å². The van der Waals surface area contributed by atoms with Crippen molar-refractivity contribution in [1.29, 1.82) is 0 Å². The Hall–Kier alpha value is -3.01. The van der Waals surface area contributed by atoms with Crippen LogP contribution < -0.4 is 15.0 Å². The van der Waals surface area contributed by atoms with E-state index < -0.39 is 0 Å². The summed E-state index contributed by atoms with van der Waals surface area (Å²) in [6.07, 6.45) is 0. The second kappa shape index (κ2) is 12.0. The second-order valence-electron chi connectivity index (χ2n) is 10.8. The molecule has 0 saturated carbocycles. The molecule has 0 radical (unpaired) electrons. The Kier molecular flexibility index (Phi) is 8.93. The van der Waals surface area contributed by atoms with Crippen molar-refractivity contribution in [1.82, 2.24) is 20.0 Å². The summed E-state index contributed by atoms with van der Waals surface area (Å²) in [7, 11) is 5.52. The van der Waals surface area contributed by atoms with Crippen LogP contribution in [0.3, 0.4) is 0 Å². The third-order valence-corrected chi connectivity index (χ3v) is 8.07. The van der Waals surface area contributed by atoms with Gasteiger partial charge in [-0.3, -0.25) is 14.5 Å². The van der Waals surface area contributed by atoms with Crippen molar-refractivity contribution in [3.05, 3.63) is 70.4 Å². The Morgan fingerprint density at radius 2 is 1.87 bits per heavy atom. The molecule has 2 heterocycles. The van der Waals surface area contributed by atoms with Crippen molar-refractivity contribution in [3.8, 4) is 11.4 Å². The number of aromatic nitrogens is 2. The SMILES string of the molecule is COc1ccc(-n2nc(C(C)(C)C)c3c2N(CC(=O)NCCN(C)C)C(=O)CSC3c2ccccc2Cl)cc1. The molecule has 208 valence electrons. The van der Waals surface area contributed by atoms with Gasteiger partial charge in [-0.05, 0) is 50.0 Å². The van der Waals surface area contributed by atoms with E-state index in [1.54, 1.807) is 16.7 Å². The largest absolute Gasteiger partial charge is 0.497 e. The fraction of sp³-hybridized carbons (Fsp3) is 0.414. The van der Waals surface area contributed by atoms with Crippen LogP contribution in [-0.2, 0) is 15.0 Å². The molecule has 0 spiro atoms. The zero-order chi connectivity index (χ0) is 28.3. The summed E-state index contributed by atoms with van der Waals surface area (Å²) in [6, 6.07) is 15.2. The van der Waals surface area contributed by atoms with Crippen LogP contribution in [0.2, 0.25) is 5.02 Å². The van der Waals surface area contributed by atoms with Gasteiger partial charge in [0.05, 0.1) is 29.5 Å². The number of nitrogens with one attached hydrogen (secondary N) is 1.